The van der Waals surface area contributed by atoms with Gasteiger partial charge in [0.2, 0.25) is 11.8 Å². The van der Waals surface area contributed by atoms with Gasteiger partial charge in [-0.25, -0.2) is 0 Å². The molecule has 1 fully saturated rings. The average Bonchev–Trinajstić information content (AvgIpc) is 2.49. The van der Waals surface area contributed by atoms with Crippen molar-refractivity contribution in [3.05, 3.63) is 0 Å². The quantitative estimate of drug-likeness (QED) is 0.736. The Balaban J connectivity index is 2.63. The molecule has 1 aliphatic heterocycles. The van der Waals surface area contributed by atoms with Crippen molar-refractivity contribution in [1.29, 1.82) is 0 Å². The highest BCUT2D eigenvalue weighted by atomic mass is 16.2. The first kappa shape index (κ1) is 12.0. The molecule has 0 aliphatic carbocycles. The third-order valence-electron chi connectivity index (χ3n) is 3.03. The Kier molecular flexibility index (Phi) is 4.12. The molecule has 15 heavy (non-hydrogen) atoms. The highest BCUT2D eigenvalue weighted by Crippen LogP contribution is 2.24. The molecule has 86 valence electrons. The molecule has 2 atom stereocenters. The molecule has 0 radical (unpaired) electrons. The third-order valence-corrected chi connectivity index (χ3v) is 3.03. The lowest BCUT2D eigenvalue weighted by molar-refractivity contribution is -0.136. The average molecular weight is 212 g/mol. The first-order valence-corrected chi connectivity index (χ1v) is 5.68. The lowest BCUT2D eigenvalue weighted by Crippen LogP contribution is -2.45. The van der Waals surface area contributed by atoms with Crippen molar-refractivity contribution in [2.45, 2.75) is 45.6 Å². The van der Waals surface area contributed by atoms with E-state index in [0.29, 0.717) is 25.3 Å². The number of carbonyl (C=O) groups is 2. The van der Waals surface area contributed by atoms with E-state index in [1.54, 1.807) is 4.90 Å². The van der Waals surface area contributed by atoms with Crippen LogP contribution in [0.1, 0.15) is 39.5 Å². The van der Waals surface area contributed by atoms with Gasteiger partial charge in [0.05, 0.1) is 0 Å². The number of hydrogen-bond donors (Lipinski definition) is 1. The molecule has 0 bridgehead atoms. The van der Waals surface area contributed by atoms with Crippen molar-refractivity contribution in [2.75, 3.05) is 6.54 Å². The molecule has 0 saturated carbocycles. The summed E-state index contributed by atoms with van der Waals surface area (Å²) < 4.78 is 0. The van der Waals surface area contributed by atoms with E-state index in [4.69, 9.17) is 5.73 Å². The number of nitrogens with zero attached hydrogens (tertiary/aromatic N) is 1. The highest BCUT2D eigenvalue weighted by Gasteiger charge is 2.35. The van der Waals surface area contributed by atoms with Gasteiger partial charge in [-0.1, -0.05) is 20.3 Å². The second kappa shape index (κ2) is 5.14. The summed E-state index contributed by atoms with van der Waals surface area (Å²) in [6, 6.07) is -0.403. The van der Waals surface area contributed by atoms with Gasteiger partial charge in [-0.3, -0.25) is 9.59 Å². The van der Waals surface area contributed by atoms with Crippen LogP contribution in [0, 0.1) is 5.92 Å². The molecule has 2 amide bonds. The van der Waals surface area contributed by atoms with Crippen LogP contribution in [0.4, 0.5) is 0 Å². The minimum Gasteiger partial charge on any atom is -0.368 e. The predicted molar refractivity (Wildman–Crippen MR) is 58.0 cm³/mol. The van der Waals surface area contributed by atoms with Gasteiger partial charge in [-0.05, 0) is 18.8 Å². The maximum absolute atomic E-state index is 11.7. The van der Waals surface area contributed by atoms with Crippen LogP contribution >= 0.6 is 0 Å². The van der Waals surface area contributed by atoms with Crippen molar-refractivity contribution >= 4 is 11.8 Å². The van der Waals surface area contributed by atoms with Crippen LogP contribution in [0.3, 0.4) is 0 Å². The maximum atomic E-state index is 11.7. The number of likely N-dealkylation sites (tertiary alicyclic amines) is 1. The summed E-state index contributed by atoms with van der Waals surface area (Å²) >= 11 is 0. The summed E-state index contributed by atoms with van der Waals surface area (Å²) in [6.07, 6.45) is 3.33. The molecule has 4 nitrogen and oxygen atoms in total. The molecule has 1 heterocycles. The summed E-state index contributed by atoms with van der Waals surface area (Å²) in [5, 5.41) is 0. The van der Waals surface area contributed by atoms with E-state index in [0.717, 1.165) is 12.8 Å². The first-order chi connectivity index (χ1) is 7.10. The van der Waals surface area contributed by atoms with Gasteiger partial charge in [-0.2, -0.15) is 0 Å². The Labute approximate surface area is 90.8 Å². The van der Waals surface area contributed by atoms with Gasteiger partial charge in [0.25, 0.3) is 0 Å². The highest BCUT2D eigenvalue weighted by molar-refractivity contribution is 5.87. The van der Waals surface area contributed by atoms with Crippen LogP contribution in [0.25, 0.3) is 0 Å². The second-order valence-electron chi connectivity index (χ2n) is 4.23. The van der Waals surface area contributed by atoms with E-state index in [1.807, 2.05) is 6.92 Å². The number of amides is 2. The molecule has 1 saturated heterocycles. The minimum absolute atomic E-state index is 0.0825. The summed E-state index contributed by atoms with van der Waals surface area (Å²) in [5.74, 6) is 0.109. The van der Waals surface area contributed by atoms with Crippen molar-refractivity contribution < 1.29 is 9.59 Å². The second-order valence-corrected chi connectivity index (χ2v) is 4.23. The molecule has 1 rings (SSSR count). The Hall–Kier alpha value is -1.06. The Bertz CT molecular complexity index is 253. The zero-order valence-corrected chi connectivity index (χ0v) is 9.53. The smallest absolute Gasteiger partial charge is 0.240 e. The number of primary amides is 1. The molecule has 4 heteroatoms. The van der Waals surface area contributed by atoms with E-state index in [2.05, 4.69) is 6.92 Å². The van der Waals surface area contributed by atoms with Crippen molar-refractivity contribution in [3.63, 3.8) is 0 Å². The lowest BCUT2D eigenvalue weighted by atomic mass is 10.0. The predicted octanol–water partition coefficient (Wildman–Crippen LogP) is 0.899. The van der Waals surface area contributed by atoms with Gasteiger partial charge >= 0.3 is 0 Å². The van der Waals surface area contributed by atoms with Crippen molar-refractivity contribution in [1.82, 2.24) is 4.90 Å². The zero-order chi connectivity index (χ0) is 11.4. The maximum Gasteiger partial charge on any atom is 0.240 e. The van der Waals surface area contributed by atoms with Crippen LogP contribution in [0.2, 0.25) is 0 Å². The summed E-state index contributed by atoms with van der Waals surface area (Å²) in [4.78, 5) is 24.5. The van der Waals surface area contributed by atoms with E-state index in [1.165, 1.54) is 0 Å². The molecule has 0 aromatic rings. The summed E-state index contributed by atoms with van der Waals surface area (Å²) in [5.41, 5.74) is 5.28. The molecular formula is C11H20N2O2. The van der Waals surface area contributed by atoms with Crippen LogP contribution in [-0.4, -0.2) is 29.3 Å². The van der Waals surface area contributed by atoms with Crippen molar-refractivity contribution in [3.8, 4) is 0 Å². The van der Waals surface area contributed by atoms with Crippen LogP contribution in [-0.2, 0) is 9.59 Å². The van der Waals surface area contributed by atoms with Gasteiger partial charge < -0.3 is 10.6 Å². The fraction of sp³-hybridized carbons (Fsp3) is 0.818. The van der Waals surface area contributed by atoms with Crippen molar-refractivity contribution in [2.24, 2.45) is 11.7 Å². The summed E-state index contributed by atoms with van der Waals surface area (Å²) in [7, 11) is 0. The lowest BCUT2D eigenvalue weighted by Gasteiger charge is -2.24. The van der Waals surface area contributed by atoms with Crippen LogP contribution < -0.4 is 5.73 Å². The van der Waals surface area contributed by atoms with E-state index in [-0.39, 0.29) is 11.8 Å². The zero-order valence-electron chi connectivity index (χ0n) is 9.53. The molecule has 0 aromatic heterocycles. The third kappa shape index (κ3) is 2.70. The van der Waals surface area contributed by atoms with E-state index >= 15 is 0 Å². The molecular weight excluding hydrogens is 192 g/mol. The number of nitrogens with two attached hydrogens (primary N) is 1. The fourth-order valence-electron chi connectivity index (χ4n) is 2.29. The standard InChI is InChI=1S/C11H20N2O2/c1-3-5-8-6-10(14)13(7-8)9(4-2)11(12)15/h8-9H,3-7H2,1-2H3,(H2,12,15)/t8-,9?/m1/s1. The van der Waals surface area contributed by atoms with Crippen LogP contribution in [0.5, 0.6) is 0 Å². The number of hydrogen-bond acceptors (Lipinski definition) is 2. The van der Waals surface area contributed by atoms with Gasteiger partial charge in [0, 0.05) is 13.0 Å². The molecule has 1 unspecified atom stereocenters. The van der Waals surface area contributed by atoms with E-state index in [9.17, 15) is 9.59 Å². The molecule has 1 aliphatic rings. The van der Waals surface area contributed by atoms with E-state index < -0.39 is 6.04 Å². The first-order valence-electron chi connectivity index (χ1n) is 5.68. The molecule has 0 aromatic carbocycles. The van der Waals surface area contributed by atoms with Gasteiger partial charge in [0.15, 0.2) is 0 Å². The largest absolute Gasteiger partial charge is 0.368 e. The number of carbonyl (C=O) groups excluding carboxylic acids is 2. The van der Waals surface area contributed by atoms with Gasteiger partial charge in [-0.15, -0.1) is 0 Å². The van der Waals surface area contributed by atoms with Gasteiger partial charge in [0.1, 0.15) is 6.04 Å². The van der Waals surface area contributed by atoms with Crippen LogP contribution in [0.15, 0.2) is 0 Å². The molecule has 2 N–H and O–H groups in total. The Morgan fingerprint density at radius 1 is 1.60 bits per heavy atom. The topological polar surface area (TPSA) is 63.4 Å². The summed E-state index contributed by atoms with van der Waals surface area (Å²) in [6.45, 7) is 4.70. The minimum atomic E-state index is -0.403. The normalized spacial score (nSPS) is 23.2. The number of rotatable bonds is 5. The fourth-order valence-corrected chi connectivity index (χ4v) is 2.29. The molecule has 0 spiro atoms. The Morgan fingerprint density at radius 2 is 2.27 bits per heavy atom. The monoisotopic (exact) mass is 212 g/mol. The SMILES string of the molecule is CCC[C@@H]1CC(=O)N(C(CC)C(N)=O)C1. The Morgan fingerprint density at radius 3 is 2.73 bits per heavy atom.